The average molecular weight is 209 g/mol. The molecule has 1 fully saturated rings. The van der Waals surface area contributed by atoms with E-state index in [1.165, 1.54) is 6.42 Å². The standard InChI is InChI=1S/C10H15N3O2/c1-7-5-13-15-9(7)10(14)12-6-8-3-2-4-11-8/h5,8,11H,2-4,6H2,1H3,(H,12,14). The summed E-state index contributed by atoms with van der Waals surface area (Å²) in [6.45, 7) is 3.50. The molecule has 5 nitrogen and oxygen atoms in total. The highest BCUT2D eigenvalue weighted by Gasteiger charge is 2.18. The van der Waals surface area contributed by atoms with Crippen LogP contribution in [0.1, 0.15) is 29.0 Å². The molecule has 2 rings (SSSR count). The highest BCUT2D eigenvalue weighted by atomic mass is 16.5. The van der Waals surface area contributed by atoms with Gasteiger partial charge in [-0.25, -0.2) is 0 Å². The van der Waals surface area contributed by atoms with Crippen molar-refractivity contribution in [3.05, 3.63) is 17.5 Å². The molecule has 1 aliphatic rings. The molecule has 1 aromatic rings. The molecule has 2 N–H and O–H groups in total. The molecule has 1 aromatic heterocycles. The Morgan fingerprint density at radius 3 is 3.27 bits per heavy atom. The van der Waals surface area contributed by atoms with Crippen molar-refractivity contribution < 1.29 is 9.32 Å². The lowest BCUT2D eigenvalue weighted by Gasteiger charge is -2.10. The molecule has 1 saturated heterocycles. The van der Waals surface area contributed by atoms with Crippen LogP contribution in [0.3, 0.4) is 0 Å². The number of rotatable bonds is 3. The van der Waals surface area contributed by atoms with Gasteiger partial charge in [0.15, 0.2) is 0 Å². The summed E-state index contributed by atoms with van der Waals surface area (Å²) >= 11 is 0. The Morgan fingerprint density at radius 1 is 1.80 bits per heavy atom. The minimum Gasteiger partial charge on any atom is -0.351 e. The first kappa shape index (κ1) is 10.2. The summed E-state index contributed by atoms with van der Waals surface area (Å²) in [6.07, 6.45) is 3.85. The lowest BCUT2D eigenvalue weighted by molar-refractivity contribution is 0.0912. The van der Waals surface area contributed by atoms with Crippen LogP contribution in [0.4, 0.5) is 0 Å². The number of nitrogens with one attached hydrogen (secondary N) is 2. The van der Waals surface area contributed by atoms with Gasteiger partial charge < -0.3 is 15.2 Å². The molecule has 2 heterocycles. The Hall–Kier alpha value is -1.36. The summed E-state index contributed by atoms with van der Waals surface area (Å²) < 4.78 is 4.86. The average Bonchev–Trinajstić information content (AvgIpc) is 2.84. The Bertz CT molecular complexity index is 342. The quantitative estimate of drug-likeness (QED) is 0.759. The molecule has 5 heteroatoms. The fourth-order valence-electron chi connectivity index (χ4n) is 1.74. The van der Waals surface area contributed by atoms with Crippen LogP contribution in [0.2, 0.25) is 0 Å². The van der Waals surface area contributed by atoms with Crippen LogP contribution in [0, 0.1) is 6.92 Å². The molecule has 1 aliphatic heterocycles. The maximum atomic E-state index is 11.6. The van der Waals surface area contributed by atoms with Gasteiger partial charge in [0.1, 0.15) is 0 Å². The maximum absolute atomic E-state index is 11.6. The normalized spacial score (nSPS) is 20.5. The number of aromatic nitrogens is 1. The van der Waals surface area contributed by atoms with Gasteiger partial charge in [-0.3, -0.25) is 4.79 Å². The van der Waals surface area contributed by atoms with Gasteiger partial charge in [0, 0.05) is 18.2 Å². The largest absolute Gasteiger partial charge is 0.351 e. The van der Waals surface area contributed by atoms with Crippen LogP contribution in [0.25, 0.3) is 0 Å². The zero-order valence-electron chi connectivity index (χ0n) is 8.75. The SMILES string of the molecule is Cc1cnoc1C(=O)NCC1CCCN1. The van der Waals surface area contributed by atoms with Gasteiger partial charge >= 0.3 is 0 Å². The van der Waals surface area contributed by atoms with E-state index in [4.69, 9.17) is 4.52 Å². The predicted octanol–water partition coefficient (Wildman–Crippen LogP) is 0.465. The third-order valence-electron chi connectivity index (χ3n) is 2.63. The molecule has 1 atom stereocenters. The zero-order chi connectivity index (χ0) is 10.7. The van der Waals surface area contributed by atoms with Crippen LogP contribution < -0.4 is 10.6 Å². The number of carbonyl (C=O) groups excluding carboxylic acids is 1. The van der Waals surface area contributed by atoms with Gasteiger partial charge in [-0.05, 0) is 26.3 Å². The fourth-order valence-corrected chi connectivity index (χ4v) is 1.74. The molecule has 15 heavy (non-hydrogen) atoms. The first-order valence-corrected chi connectivity index (χ1v) is 5.20. The Morgan fingerprint density at radius 2 is 2.67 bits per heavy atom. The number of nitrogens with zero attached hydrogens (tertiary/aromatic N) is 1. The molecule has 82 valence electrons. The molecule has 0 aromatic carbocycles. The number of hydrogen-bond donors (Lipinski definition) is 2. The second-order valence-corrected chi connectivity index (χ2v) is 3.84. The molecule has 1 unspecified atom stereocenters. The van der Waals surface area contributed by atoms with Crippen molar-refractivity contribution >= 4 is 5.91 Å². The molecule has 0 spiro atoms. The molecular weight excluding hydrogens is 194 g/mol. The number of amides is 1. The van der Waals surface area contributed by atoms with E-state index in [0.717, 1.165) is 18.5 Å². The number of hydrogen-bond acceptors (Lipinski definition) is 4. The second-order valence-electron chi connectivity index (χ2n) is 3.84. The molecule has 1 amide bonds. The van der Waals surface area contributed by atoms with Gasteiger partial charge in [0.05, 0.1) is 6.20 Å². The molecule has 0 bridgehead atoms. The van der Waals surface area contributed by atoms with E-state index < -0.39 is 0 Å². The van der Waals surface area contributed by atoms with E-state index in [1.807, 2.05) is 0 Å². The molecule has 0 saturated carbocycles. The van der Waals surface area contributed by atoms with Crippen molar-refractivity contribution in [1.29, 1.82) is 0 Å². The Kier molecular flexibility index (Phi) is 3.01. The number of aryl methyl sites for hydroxylation is 1. The summed E-state index contributed by atoms with van der Waals surface area (Å²) in [5.41, 5.74) is 0.770. The number of carbonyl (C=O) groups is 1. The first-order valence-electron chi connectivity index (χ1n) is 5.20. The third kappa shape index (κ3) is 2.36. The van der Waals surface area contributed by atoms with E-state index in [1.54, 1.807) is 13.1 Å². The predicted molar refractivity (Wildman–Crippen MR) is 54.6 cm³/mol. The zero-order valence-corrected chi connectivity index (χ0v) is 8.75. The van der Waals surface area contributed by atoms with Crippen LogP contribution in [0.5, 0.6) is 0 Å². The van der Waals surface area contributed by atoms with Crippen LogP contribution in [-0.4, -0.2) is 30.2 Å². The third-order valence-corrected chi connectivity index (χ3v) is 2.63. The van der Waals surface area contributed by atoms with Gasteiger partial charge in [-0.2, -0.15) is 0 Å². The van der Waals surface area contributed by atoms with Gasteiger partial charge in [-0.15, -0.1) is 0 Å². The lowest BCUT2D eigenvalue weighted by Crippen LogP contribution is -2.37. The minimum atomic E-state index is -0.182. The van der Waals surface area contributed by atoms with E-state index in [0.29, 0.717) is 18.3 Å². The van der Waals surface area contributed by atoms with Gasteiger partial charge in [0.2, 0.25) is 5.76 Å². The summed E-state index contributed by atoms with van der Waals surface area (Å²) in [5.74, 6) is 0.131. The van der Waals surface area contributed by atoms with Gasteiger partial charge in [-0.1, -0.05) is 5.16 Å². The van der Waals surface area contributed by atoms with Crippen LogP contribution in [-0.2, 0) is 0 Å². The Labute approximate surface area is 88.2 Å². The van der Waals surface area contributed by atoms with Crippen molar-refractivity contribution in [2.24, 2.45) is 0 Å². The monoisotopic (exact) mass is 209 g/mol. The van der Waals surface area contributed by atoms with Crippen LogP contribution >= 0.6 is 0 Å². The summed E-state index contributed by atoms with van der Waals surface area (Å²) in [7, 11) is 0. The molecular formula is C10H15N3O2. The van der Waals surface area contributed by atoms with E-state index in [-0.39, 0.29) is 5.91 Å². The maximum Gasteiger partial charge on any atom is 0.290 e. The summed E-state index contributed by atoms with van der Waals surface area (Å²) in [4.78, 5) is 11.6. The van der Waals surface area contributed by atoms with Crippen molar-refractivity contribution in [3.63, 3.8) is 0 Å². The summed E-state index contributed by atoms with van der Waals surface area (Å²) in [6, 6.07) is 0.400. The van der Waals surface area contributed by atoms with Crippen LogP contribution in [0.15, 0.2) is 10.7 Å². The second kappa shape index (κ2) is 4.44. The highest BCUT2D eigenvalue weighted by Crippen LogP contribution is 2.06. The van der Waals surface area contributed by atoms with Crippen molar-refractivity contribution in [2.75, 3.05) is 13.1 Å². The van der Waals surface area contributed by atoms with Gasteiger partial charge in [0.25, 0.3) is 5.91 Å². The Balaban J connectivity index is 1.84. The van der Waals surface area contributed by atoms with Crippen molar-refractivity contribution in [1.82, 2.24) is 15.8 Å². The van der Waals surface area contributed by atoms with Crippen molar-refractivity contribution in [2.45, 2.75) is 25.8 Å². The molecule has 0 radical (unpaired) electrons. The van der Waals surface area contributed by atoms with Crippen molar-refractivity contribution in [3.8, 4) is 0 Å². The molecule has 0 aliphatic carbocycles. The minimum absolute atomic E-state index is 0.182. The summed E-state index contributed by atoms with van der Waals surface area (Å²) in [5, 5.41) is 9.71. The lowest BCUT2D eigenvalue weighted by atomic mass is 10.2. The topological polar surface area (TPSA) is 67.2 Å². The fraction of sp³-hybridized carbons (Fsp3) is 0.600. The highest BCUT2D eigenvalue weighted by molar-refractivity contribution is 5.92. The van der Waals surface area contributed by atoms with E-state index in [2.05, 4.69) is 15.8 Å². The van der Waals surface area contributed by atoms with E-state index in [9.17, 15) is 4.79 Å². The smallest absolute Gasteiger partial charge is 0.290 e. The first-order chi connectivity index (χ1) is 7.27. The van der Waals surface area contributed by atoms with E-state index >= 15 is 0 Å².